The van der Waals surface area contributed by atoms with Gasteiger partial charge in [-0.1, -0.05) is 51.4 Å². The Morgan fingerprint density at radius 2 is 1.25 bits per heavy atom. The maximum absolute atomic E-state index is 10.2. The molecule has 0 bridgehead atoms. The van der Waals surface area contributed by atoms with Crippen molar-refractivity contribution in [3.63, 3.8) is 0 Å². The van der Waals surface area contributed by atoms with Crippen LogP contribution in [0.3, 0.4) is 0 Å². The van der Waals surface area contributed by atoms with Gasteiger partial charge >= 0.3 is 5.97 Å². The lowest BCUT2D eigenvalue weighted by Gasteiger charge is -2.01. The van der Waals surface area contributed by atoms with Gasteiger partial charge in [-0.2, -0.15) is 0 Å². The topological polar surface area (TPSA) is 57.5 Å². The van der Waals surface area contributed by atoms with Crippen LogP contribution in [0.5, 0.6) is 0 Å². The van der Waals surface area contributed by atoms with Gasteiger partial charge in [0.15, 0.2) is 0 Å². The van der Waals surface area contributed by atoms with Crippen molar-refractivity contribution in [3.8, 4) is 0 Å². The summed E-state index contributed by atoms with van der Waals surface area (Å²) >= 11 is 0. The Morgan fingerprint density at radius 3 is 1.69 bits per heavy atom. The Kier molecular flexibility index (Phi) is 12.1. The quantitative estimate of drug-likeness (QED) is 0.501. The molecular weight excluding hydrogens is 204 g/mol. The van der Waals surface area contributed by atoms with Crippen LogP contribution < -0.4 is 0 Å². The number of aliphatic hydroxyl groups excluding tert-OH is 1. The molecule has 0 unspecified atom stereocenters. The van der Waals surface area contributed by atoms with E-state index in [1.54, 1.807) is 0 Å². The summed E-state index contributed by atoms with van der Waals surface area (Å²) in [6.45, 7) is 1.24. The molecule has 0 aromatic rings. The van der Waals surface area contributed by atoms with E-state index in [2.05, 4.69) is 0 Å². The van der Waals surface area contributed by atoms with Crippen LogP contribution in [0.4, 0.5) is 0 Å². The summed E-state index contributed by atoms with van der Waals surface area (Å²) in [6, 6.07) is 0. The molecule has 0 fully saturated rings. The van der Waals surface area contributed by atoms with E-state index in [0.29, 0.717) is 6.42 Å². The van der Waals surface area contributed by atoms with Gasteiger partial charge in [-0.15, -0.1) is 0 Å². The highest BCUT2D eigenvalue weighted by Crippen LogP contribution is 2.11. The maximum atomic E-state index is 10.2. The van der Waals surface area contributed by atoms with Crippen molar-refractivity contribution in [2.45, 2.75) is 64.2 Å². The summed E-state index contributed by atoms with van der Waals surface area (Å²) in [7, 11) is 0. The third-order valence-electron chi connectivity index (χ3n) is 2.61. The van der Waals surface area contributed by atoms with Crippen molar-refractivity contribution in [2.24, 2.45) is 0 Å². The molecule has 0 saturated heterocycles. The van der Waals surface area contributed by atoms with Crippen molar-refractivity contribution in [1.82, 2.24) is 0 Å². The standard InChI is InChI=1S/C13H24O3/c14-12-10-8-6-4-2-1-3-5-7-9-11-13(15)16/h11-12,14H,1-10H2,(H,15,16). The SMILES string of the molecule is O=C(O)[CH]CCCCCCCCCC[CH]O. The molecule has 3 heteroatoms. The van der Waals surface area contributed by atoms with Crippen LogP contribution in [-0.4, -0.2) is 16.2 Å². The molecule has 0 aromatic heterocycles. The first-order valence-corrected chi connectivity index (χ1v) is 6.29. The van der Waals surface area contributed by atoms with E-state index in [4.69, 9.17) is 10.2 Å². The molecule has 0 heterocycles. The summed E-state index contributed by atoms with van der Waals surface area (Å²) in [4.78, 5) is 10.2. The summed E-state index contributed by atoms with van der Waals surface area (Å²) in [6.07, 6.45) is 12.2. The predicted molar refractivity (Wildman–Crippen MR) is 64.3 cm³/mol. The number of hydrogen-bond acceptors (Lipinski definition) is 2. The fourth-order valence-electron chi connectivity index (χ4n) is 1.67. The number of unbranched alkanes of at least 4 members (excludes halogenated alkanes) is 9. The summed E-state index contributed by atoms with van der Waals surface area (Å²) in [5.41, 5.74) is 0. The van der Waals surface area contributed by atoms with E-state index < -0.39 is 5.97 Å². The lowest BCUT2D eigenvalue weighted by molar-refractivity contribution is -0.133. The van der Waals surface area contributed by atoms with Crippen LogP contribution in [0.2, 0.25) is 0 Å². The zero-order valence-corrected chi connectivity index (χ0v) is 10.0. The van der Waals surface area contributed by atoms with Gasteiger partial charge in [-0.05, 0) is 12.8 Å². The molecule has 0 aliphatic heterocycles. The Labute approximate surface area is 98.9 Å². The summed E-state index contributed by atoms with van der Waals surface area (Å²) < 4.78 is 0. The number of hydrogen-bond donors (Lipinski definition) is 2. The van der Waals surface area contributed by atoms with Crippen LogP contribution in [-0.2, 0) is 4.79 Å². The molecule has 0 saturated carbocycles. The molecule has 0 rings (SSSR count). The molecule has 0 aromatic carbocycles. The van der Waals surface area contributed by atoms with E-state index in [1.807, 2.05) is 0 Å². The van der Waals surface area contributed by atoms with Crippen LogP contribution in [0.15, 0.2) is 0 Å². The molecule has 94 valence electrons. The second-order valence-electron chi connectivity index (χ2n) is 4.13. The van der Waals surface area contributed by atoms with Crippen LogP contribution in [0.25, 0.3) is 0 Å². The minimum Gasteiger partial charge on any atom is -0.481 e. The number of rotatable bonds is 12. The van der Waals surface area contributed by atoms with Crippen molar-refractivity contribution in [2.75, 3.05) is 0 Å². The smallest absolute Gasteiger partial charge is 0.307 e. The van der Waals surface area contributed by atoms with Gasteiger partial charge in [0.25, 0.3) is 0 Å². The Morgan fingerprint density at radius 1 is 0.812 bits per heavy atom. The van der Waals surface area contributed by atoms with E-state index >= 15 is 0 Å². The molecular formula is C13H24O3. The summed E-state index contributed by atoms with van der Waals surface area (Å²) in [5.74, 6) is -0.805. The first-order chi connectivity index (χ1) is 7.77. The van der Waals surface area contributed by atoms with Gasteiger partial charge in [0.05, 0.1) is 13.0 Å². The van der Waals surface area contributed by atoms with E-state index in [0.717, 1.165) is 25.7 Å². The third kappa shape index (κ3) is 13.4. The maximum Gasteiger partial charge on any atom is 0.307 e. The lowest BCUT2D eigenvalue weighted by Crippen LogP contribution is -1.94. The zero-order valence-electron chi connectivity index (χ0n) is 10.0. The van der Waals surface area contributed by atoms with Gasteiger partial charge < -0.3 is 10.2 Å². The van der Waals surface area contributed by atoms with Crippen LogP contribution >= 0.6 is 0 Å². The van der Waals surface area contributed by atoms with E-state index in [-0.39, 0.29) is 0 Å². The van der Waals surface area contributed by atoms with Gasteiger partial charge in [-0.3, -0.25) is 4.79 Å². The molecule has 0 spiro atoms. The van der Waals surface area contributed by atoms with Crippen molar-refractivity contribution >= 4 is 5.97 Å². The highest BCUT2D eigenvalue weighted by molar-refractivity contribution is 5.76. The molecule has 3 nitrogen and oxygen atoms in total. The average Bonchev–Trinajstić information content (AvgIpc) is 2.25. The highest BCUT2D eigenvalue weighted by Gasteiger charge is 1.97. The number of carboxylic acid groups (broad SMARTS) is 1. The minimum absolute atomic E-state index is 0.696. The molecule has 16 heavy (non-hydrogen) atoms. The fourth-order valence-corrected chi connectivity index (χ4v) is 1.67. The highest BCUT2D eigenvalue weighted by atomic mass is 16.4. The van der Waals surface area contributed by atoms with E-state index in [9.17, 15) is 4.79 Å². The van der Waals surface area contributed by atoms with Gasteiger partial charge in [-0.25, -0.2) is 0 Å². The largest absolute Gasteiger partial charge is 0.481 e. The first-order valence-electron chi connectivity index (χ1n) is 6.29. The van der Waals surface area contributed by atoms with Crippen molar-refractivity contribution < 1.29 is 15.0 Å². The third-order valence-corrected chi connectivity index (χ3v) is 2.61. The molecule has 0 atom stereocenters. The second kappa shape index (κ2) is 12.5. The predicted octanol–water partition coefficient (Wildman–Crippen LogP) is 3.71. The number of aliphatic hydroxyl groups is 1. The van der Waals surface area contributed by atoms with Gasteiger partial charge in [0.1, 0.15) is 0 Å². The van der Waals surface area contributed by atoms with Gasteiger partial charge in [0.2, 0.25) is 0 Å². The molecule has 0 aliphatic rings. The Balaban J connectivity index is 2.90. The molecule has 0 amide bonds. The fraction of sp³-hybridized carbons (Fsp3) is 0.769. The lowest BCUT2D eigenvalue weighted by atomic mass is 10.1. The monoisotopic (exact) mass is 228 g/mol. The molecule has 2 N–H and O–H groups in total. The van der Waals surface area contributed by atoms with E-state index in [1.165, 1.54) is 45.1 Å². The first kappa shape index (κ1) is 15.4. The number of aliphatic carboxylic acids is 1. The average molecular weight is 228 g/mol. The van der Waals surface area contributed by atoms with Crippen molar-refractivity contribution in [1.29, 1.82) is 0 Å². The second-order valence-corrected chi connectivity index (χ2v) is 4.13. The summed E-state index contributed by atoms with van der Waals surface area (Å²) in [5, 5.41) is 16.8. The zero-order chi connectivity index (χ0) is 12.1. The normalized spacial score (nSPS) is 10.6. The number of carboxylic acids is 1. The Bertz CT molecular complexity index is 157. The molecule has 0 aliphatic carbocycles. The minimum atomic E-state index is -0.805. The van der Waals surface area contributed by atoms with Gasteiger partial charge in [0, 0.05) is 0 Å². The van der Waals surface area contributed by atoms with Crippen LogP contribution in [0, 0.1) is 13.0 Å². The van der Waals surface area contributed by atoms with Crippen LogP contribution in [0.1, 0.15) is 64.2 Å². The number of carbonyl (C=O) groups is 1. The van der Waals surface area contributed by atoms with Crippen molar-refractivity contribution in [3.05, 3.63) is 13.0 Å². The molecule has 2 radical (unpaired) electrons. The Hall–Kier alpha value is -0.570.